The van der Waals surface area contributed by atoms with Gasteiger partial charge < -0.3 is 9.15 Å². The molecule has 8 heteroatoms. The summed E-state index contributed by atoms with van der Waals surface area (Å²) in [5, 5.41) is 0. The molecule has 1 aromatic heterocycles. The van der Waals surface area contributed by atoms with Crippen molar-refractivity contribution in [2.75, 3.05) is 13.1 Å². The van der Waals surface area contributed by atoms with Gasteiger partial charge in [0.25, 0.3) is 0 Å². The zero-order valence-corrected chi connectivity index (χ0v) is 12.5. The summed E-state index contributed by atoms with van der Waals surface area (Å²) >= 11 is 0. The van der Waals surface area contributed by atoms with E-state index in [1.54, 1.807) is 0 Å². The minimum absolute atomic E-state index is 0.110. The number of aromatic amines is 1. The molecule has 1 aliphatic rings. The molecule has 0 amide bonds. The van der Waals surface area contributed by atoms with Gasteiger partial charge in [0.1, 0.15) is 0 Å². The van der Waals surface area contributed by atoms with Gasteiger partial charge in [-0.3, -0.25) is 4.98 Å². The molecule has 0 bridgehead atoms. The molecule has 3 rings (SSSR count). The summed E-state index contributed by atoms with van der Waals surface area (Å²) in [5.41, 5.74) is 0.707. The number of hydrogen-bond donors (Lipinski definition) is 1. The van der Waals surface area contributed by atoms with Gasteiger partial charge in [-0.05, 0) is 26.0 Å². The third kappa shape index (κ3) is 2.61. The van der Waals surface area contributed by atoms with Gasteiger partial charge >= 0.3 is 5.76 Å². The first-order chi connectivity index (χ1) is 9.86. The quantitative estimate of drug-likeness (QED) is 0.890. The highest BCUT2D eigenvalue weighted by molar-refractivity contribution is 7.89. The summed E-state index contributed by atoms with van der Waals surface area (Å²) < 4.78 is 37.2. The Balaban J connectivity index is 2.01. The lowest BCUT2D eigenvalue weighted by Crippen LogP contribution is -2.48. The van der Waals surface area contributed by atoms with E-state index < -0.39 is 15.8 Å². The Labute approximate surface area is 121 Å². The number of fused-ring (bicyclic) bond motifs is 1. The van der Waals surface area contributed by atoms with Crippen molar-refractivity contribution in [1.82, 2.24) is 9.29 Å². The molecule has 114 valence electrons. The van der Waals surface area contributed by atoms with E-state index in [1.165, 1.54) is 22.5 Å². The van der Waals surface area contributed by atoms with Crippen LogP contribution in [0, 0.1) is 0 Å². The van der Waals surface area contributed by atoms with Gasteiger partial charge in [0.2, 0.25) is 10.0 Å². The van der Waals surface area contributed by atoms with E-state index in [9.17, 15) is 13.2 Å². The van der Waals surface area contributed by atoms with Crippen LogP contribution in [-0.2, 0) is 14.8 Å². The molecular formula is C13H16N2O5S. The summed E-state index contributed by atoms with van der Waals surface area (Å²) in [6.45, 7) is 4.29. The third-order valence-corrected chi connectivity index (χ3v) is 5.24. The van der Waals surface area contributed by atoms with Crippen LogP contribution >= 0.6 is 0 Å². The Morgan fingerprint density at radius 1 is 1.24 bits per heavy atom. The summed E-state index contributed by atoms with van der Waals surface area (Å²) in [5.74, 6) is -0.604. The fourth-order valence-corrected chi connectivity index (χ4v) is 4.17. The first-order valence-electron chi connectivity index (χ1n) is 6.65. The standard InChI is InChI=1S/C13H16N2O5S/c1-8-6-15(7-9(2)19-8)21(17,18)10-3-4-11-12(5-10)20-13(16)14-11/h3-5,8-9H,6-7H2,1-2H3,(H,14,16). The number of nitrogens with one attached hydrogen (secondary N) is 1. The Hall–Kier alpha value is -1.64. The minimum atomic E-state index is -3.63. The fraction of sp³-hybridized carbons (Fsp3) is 0.462. The number of nitrogens with zero attached hydrogens (tertiary/aromatic N) is 1. The van der Waals surface area contributed by atoms with Crippen LogP contribution in [0.4, 0.5) is 0 Å². The van der Waals surface area contributed by atoms with Crippen molar-refractivity contribution in [2.24, 2.45) is 0 Å². The smallest absolute Gasteiger partial charge is 0.408 e. The second-order valence-electron chi connectivity index (χ2n) is 5.25. The lowest BCUT2D eigenvalue weighted by atomic mass is 10.3. The largest absolute Gasteiger partial charge is 0.417 e. The molecule has 2 aromatic rings. The first-order valence-corrected chi connectivity index (χ1v) is 8.09. The van der Waals surface area contributed by atoms with Crippen LogP contribution in [0.15, 0.2) is 32.3 Å². The van der Waals surface area contributed by atoms with Gasteiger partial charge in [0.05, 0.1) is 22.6 Å². The molecule has 2 heterocycles. The summed E-state index contributed by atoms with van der Waals surface area (Å²) in [6, 6.07) is 4.36. The number of morpholine rings is 1. The molecule has 1 aliphatic heterocycles. The van der Waals surface area contributed by atoms with Crippen molar-refractivity contribution < 1.29 is 17.6 Å². The maximum atomic E-state index is 12.7. The Morgan fingerprint density at radius 3 is 2.57 bits per heavy atom. The van der Waals surface area contributed by atoms with Crippen LogP contribution in [0.2, 0.25) is 0 Å². The topological polar surface area (TPSA) is 92.6 Å². The highest BCUT2D eigenvalue weighted by Gasteiger charge is 2.32. The maximum absolute atomic E-state index is 12.7. The maximum Gasteiger partial charge on any atom is 0.417 e. The van der Waals surface area contributed by atoms with Crippen molar-refractivity contribution in [3.63, 3.8) is 0 Å². The van der Waals surface area contributed by atoms with E-state index in [4.69, 9.17) is 9.15 Å². The summed E-state index contributed by atoms with van der Waals surface area (Å²) in [4.78, 5) is 13.7. The number of benzene rings is 1. The van der Waals surface area contributed by atoms with Gasteiger partial charge in [0.15, 0.2) is 5.58 Å². The molecule has 0 aliphatic carbocycles. The fourth-order valence-electron chi connectivity index (χ4n) is 2.56. The highest BCUT2D eigenvalue weighted by Crippen LogP contribution is 2.23. The van der Waals surface area contributed by atoms with Crippen molar-refractivity contribution in [1.29, 1.82) is 0 Å². The Bertz CT molecular complexity index is 812. The average Bonchev–Trinajstić information content (AvgIpc) is 2.76. The van der Waals surface area contributed by atoms with E-state index >= 15 is 0 Å². The normalized spacial score (nSPS) is 24.5. The minimum Gasteiger partial charge on any atom is -0.408 e. The van der Waals surface area contributed by atoms with Crippen molar-refractivity contribution >= 4 is 21.1 Å². The highest BCUT2D eigenvalue weighted by atomic mass is 32.2. The third-order valence-electron chi connectivity index (χ3n) is 3.42. The van der Waals surface area contributed by atoms with E-state index in [0.29, 0.717) is 18.6 Å². The van der Waals surface area contributed by atoms with Crippen LogP contribution in [0.5, 0.6) is 0 Å². The van der Waals surface area contributed by atoms with Crippen LogP contribution < -0.4 is 5.76 Å². The van der Waals surface area contributed by atoms with E-state index in [2.05, 4.69) is 4.98 Å². The molecular weight excluding hydrogens is 296 g/mol. The van der Waals surface area contributed by atoms with E-state index in [0.717, 1.165) is 0 Å². The molecule has 1 N–H and O–H groups in total. The molecule has 2 unspecified atom stereocenters. The Kier molecular flexibility index (Phi) is 3.39. The summed E-state index contributed by atoms with van der Waals surface area (Å²) in [6.07, 6.45) is -0.310. The van der Waals surface area contributed by atoms with E-state index in [-0.39, 0.29) is 22.7 Å². The molecule has 2 atom stereocenters. The van der Waals surface area contributed by atoms with Crippen LogP contribution in [0.25, 0.3) is 11.1 Å². The van der Waals surface area contributed by atoms with E-state index in [1.807, 2.05) is 13.8 Å². The molecule has 1 aromatic carbocycles. The lowest BCUT2D eigenvalue weighted by molar-refractivity contribution is -0.0440. The lowest BCUT2D eigenvalue weighted by Gasteiger charge is -2.34. The van der Waals surface area contributed by atoms with Crippen molar-refractivity contribution in [3.8, 4) is 0 Å². The van der Waals surface area contributed by atoms with Gasteiger partial charge in [0, 0.05) is 19.2 Å². The molecule has 7 nitrogen and oxygen atoms in total. The number of hydrogen-bond acceptors (Lipinski definition) is 5. The number of oxazole rings is 1. The zero-order valence-electron chi connectivity index (χ0n) is 11.7. The SMILES string of the molecule is CC1CN(S(=O)(=O)c2ccc3[nH]c(=O)oc3c2)CC(C)O1. The van der Waals surface area contributed by atoms with Gasteiger partial charge in [-0.1, -0.05) is 0 Å². The zero-order chi connectivity index (χ0) is 15.2. The average molecular weight is 312 g/mol. The van der Waals surface area contributed by atoms with Crippen LogP contribution in [0.3, 0.4) is 0 Å². The Morgan fingerprint density at radius 2 is 1.90 bits per heavy atom. The molecule has 0 radical (unpaired) electrons. The second-order valence-corrected chi connectivity index (χ2v) is 7.19. The number of aromatic nitrogens is 1. The number of ether oxygens (including phenoxy) is 1. The molecule has 0 spiro atoms. The van der Waals surface area contributed by atoms with Crippen molar-refractivity contribution in [3.05, 3.63) is 28.7 Å². The monoisotopic (exact) mass is 312 g/mol. The number of H-pyrrole nitrogens is 1. The number of sulfonamides is 1. The van der Waals surface area contributed by atoms with Crippen molar-refractivity contribution in [2.45, 2.75) is 31.0 Å². The van der Waals surface area contributed by atoms with Gasteiger partial charge in [-0.15, -0.1) is 0 Å². The molecule has 1 saturated heterocycles. The molecule has 1 fully saturated rings. The van der Waals surface area contributed by atoms with Gasteiger partial charge in [-0.25, -0.2) is 13.2 Å². The molecule has 0 saturated carbocycles. The van der Waals surface area contributed by atoms with Crippen LogP contribution in [-0.4, -0.2) is 43.0 Å². The summed E-state index contributed by atoms with van der Waals surface area (Å²) in [7, 11) is -3.63. The molecule has 21 heavy (non-hydrogen) atoms. The first kappa shape index (κ1) is 14.3. The number of rotatable bonds is 2. The van der Waals surface area contributed by atoms with Crippen LogP contribution in [0.1, 0.15) is 13.8 Å². The van der Waals surface area contributed by atoms with Gasteiger partial charge in [-0.2, -0.15) is 4.31 Å². The predicted octanol–water partition coefficient (Wildman–Crippen LogP) is 0.919. The second kappa shape index (κ2) is 4.97. The predicted molar refractivity (Wildman–Crippen MR) is 75.6 cm³/mol.